The number of anilines is 1. The fraction of sp³-hybridized carbons (Fsp3) is 0.467. The van der Waals surface area contributed by atoms with E-state index in [1.54, 1.807) is 32.2 Å². The third-order valence-electron chi connectivity index (χ3n) is 3.26. The first-order chi connectivity index (χ1) is 9.97. The summed E-state index contributed by atoms with van der Waals surface area (Å²) in [7, 11) is 1.59. The molecule has 2 amide bonds. The van der Waals surface area contributed by atoms with Crippen LogP contribution in [-0.2, 0) is 16.1 Å². The SMILES string of the molecule is CC[C@H](C)[C@H](NC(=O)Nc1cccc(COC)c1)C(=O)O. The number of carboxylic acids is 1. The van der Waals surface area contributed by atoms with Crippen LogP contribution >= 0.6 is 0 Å². The van der Waals surface area contributed by atoms with E-state index in [-0.39, 0.29) is 5.92 Å². The molecule has 21 heavy (non-hydrogen) atoms. The summed E-state index contributed by atoms with van der Waals surface area (Å²) in [5, 5.41) is 14.3. The normalized spacial score (nSPS) is 13.3. The van der Waals surface area contributed by atoms with E-state index >= 15 is 0 Å². The molecule has 1 aromatic rings. The minimum absolute atomic E-state index is 0.145. The third-order valence-corrected chi connectivity index (χ3v) is 3.26. The van der Waals surface area contributed by atoms with Crippen molar-refractivity contribution in [2.75, 3.05) is 12.4 Å². The van der Waals surface area contributed by atoms with Gasteiger partial charge in [0.05, 0.1) is 6.61 Å². The van der Waals surface area contributed by atoms with Crippen LogP contribution in [-0.4, -0.2) is 30.3 Å². The van der Waals surface area contributed by atoms with Crippen molar-refractivity contribution < 1.29 is 19.4 Å². The van der Waals surface area contributed by atoms with Crippen LogP contribution in [0.25, 0.3) is 0 Å². The first kappa shape index (κ1) is 17.0. The van der Waals surface area contributed by atoms with Crippen LogP contribution in [0.2, 0.25) is 0 Å². The van der Waals surface area contributed by atoms with Gasteiger partial charge in [0, 0.05) is 12.8 Å². The predicted octanol–water partition coefficient (Wildman–Crippen LogP) is 2.45. The van der Waals surface area contributed by atoms with E-state index in [9.17, 15) is 9.59 Å². The van der Waals surface area contributed by atoms with Crippen LogP contribution in [0.5, 0.6) is 0 Å². The number of hydrogen-bond donors (Lipinski definition) is 3. The van der Waals surface area contributed by atoms with Gasteiger partial charge in [0.15, 0.2) is 0 Å². The number of hydrogen-bond acceptors (Lipinski definition) is 3. The number of carbonyl (C=O) groups excluding carboxylic acids is 1. The number of rotatable bonds is 7. The Hall–Kier alpha value is -2.08. The predicted molar refractivity (Wildman–Crippen MR) is 80.2 cm³/mol. The Morgan fingerprint density at radius 1 is 1.38 bits per heavy atom. The van der Waals surface area contributed by atoms with Gasteiger partial charge < -0.3 is 20.5 Å². The van der Waals surface area contributed by atoms with Crippen molar-refractivity contribution in [1.82, 2.24) is 5.32 Å². The molecule has 0 saturated carbocycles. The van der Waals surface area contributed by atoms with Gasteiger partial charge in [0.2, 0.25) is 0 Å². The number of nitrogens with one attached hydrogen (secondary N) is 2. The molecular formula is C15H22N2O4. The lowest BCUT2D eigenvalue weighted by atomic mass is 9.99. The van der Waals surface area contributed by atoms with Gasteiger partial charge >= 0.3 is 12.0 Å². The Morgan fingerprint density at radius 2 is 2.10 bits per heavy atom. The second-order valence-electron chi connectivity index (χ2n) is 4.93. The second kappa shape index (κ2) is 8.26. The van der Waals surface area contributed by atoms with Gasteiger partial charge in [0.25, 0.3) is 0 Å². The molecule has 6 heteroatoms. The van der Waals surface area contributed by atoms with Crippen LogP contribution in [0.1, 0.15) is 25.8 Å². The van der Waals surface area contributed by atoms with Crippen molar-refractivity contribution in [3.8, 4) is 0 Å². The van der Waals surface area contributed by atoms with E-state index in [0.29, 0.717) is 18.7 Å². The Bertz CT molecular complexity index is 490. The summed E-state index contributed by atoms with van der Waals surface area (Å²) in [5.74, 6) is -1.18. The van der Waals surface area contributed by atoms with Crippen LogP contribution < -0.4 is 10.6 Å². The van der Waals surface area contributed by atoms with Gasteiger partial charge in [-0.3, -0.25) is 0 Å². The summed E-state index contributed by atoms with van der Waals surface area (Å²) in [6.07, 6.45) is 0.667. The molecule has 0 bridgehead atoms. The third kappa shape index (κ3) is 5.43. The van der Waals surface area contributed by atoms with Gasteiger partial charge in [-0.1, -0.05) is 32.4 Å². The fourth-order valence-electron chi connectivity index (χ4n) is 1.90. The molecular weight excluding hydrogens is 272 g/mol. The number of carbonyl (C=O) groups is 2. The van der Waals surface area contributed by atoms with Gasteiger partial charge in [-0.2, -0.15) is 0 Å². The minimum atomic E-state index is -1.03. The maximum Gasteiger partial charge on any atom is 0.326 e. The lowest BCUT2D eigenvalue weighted by Crippen LogP contribution is -2.46. The van der Waals surface area contributed by atoms with Crippen LogP contribution in [0.3, 0.4) is 0 Å². The number of urea groups is 1. The molecule has 0 aliphatic carbocycles. The van der Waals surface area contributed by atoms with Crippen molar-refractivity contribution in [3.63, 3.8) is 0 Å². The number of benzene rings is 1. The highest BCUT2D eigenvalue weighted by atomic mass is 16.5. The maximum absolute atomic E-state index is 11.9. The van der Waals surface area contributed by atoms with Crippen molar-refractivity contribution in [2.45, 2.75) is 32.9 Å². The van der Waals surface area contributed by atoms with Gasteiger partial charge in [-0.25, -0.2) is 9.59 Å². The molecule has 0 heterocycles. The standard InChI is InChI=1S/C15H22N2O4/c1-4-10(2)13(14(18)19)17-15(20)16-12-7-5-6-11(8-12)9-21-3/h5-8,10,13H,4,9H2,1-3H3,(H,18,19)(H2,16,17,20)/t10-,13-/m0/s1. The lowest BCUT2D eigenvalue weighted by molar-refractivity contribution is -0.140. The maximum atomic E-state index is 11.9. The number of ether oxygens (including phenoxy) is 1. The molecule has 0 saturated heterocycles. The van der Waals surface area contributed by atoms with Crippen LogP contribution in [0.4, 0.5) is 10.5 Å². The van der Waals surface area contributed by atoms with Crippen LogP contribution in [0, 0.1) is 5.92 Å². The summed E-state index contributed by atoms with van der Waals surface area (Å²) in [4.78, 5) is 23.1. The minimum Gasteiger partial charge on any atom is -0.480 e. The molecule has 116 valence electrons. The molecule has 1 aromatic carbocycles. The summed E-state index contributed by atoms with van der Waals surface area (Å²) >= 11 is 0. The Balaban J connectivity index is 2.67. The monoisotopic (exact) mass is 294 g/mol. The van der Waals surface area contributed by atoms with E-state index in [1.165, 1.54) is 0 Å². The van der Waals surface area contributed by atoms with Crippen molar-refractivity contribution in [3.05, 3.63) is 29.8 Å². The summed E-state index contributed by atoms with van der Waals surface area (Å²) < 4.78 is 5.02. The molecule has 0 aliphatic heterocycles. The smallest absolute Gasteiger partial charge is 0.326 e. The molecule has 2 atom stereocenters. The van der Waals surface area contributed by atoms with E-state index in [0.717, 1.165) is 5.56 Å². The van der Waals surface area contributed by atoms with Crippen molar-refractivity contribution >= 4 is 17.7 Å². The fourth-order valence-corrected chi connectivity index (χ4v) is 1.90. The Labute approximate surface area is 124 Å². The van der Waals surface area contributed by atoms with Crippen molar-refractivity contribution in [2.24, 2.45) is 5.92 Å². The van der Waals surface area contributed by atoms with E-state index in [1.807, 2.05) is 13.0 Å². The average molecular weight is 294 g/mol. The first-order valence-corrected chi connectivity index (χ1v) is 6.86. The zero-order valence-electron chi connectivity index (χ0n) is 12.6. The molecule has 0 spiro atoms. The van der Waals surface area contributed by atoms with Gasteiger partial charge in [-0.15, -0.1) is 0 Å². The molecule has 0 radical (unpaired) electrons. The molecule has 1 rings (SSSR count). The Morgan fingerprint density at radius 3 is 2.67 bits per heavy atom. The first-order valence-electron chi connectivity index (χ1n) is 6.86. The number of amides is 2. The summed E-state index contributed by atoms with van der Waals surface area (Å²) in [6.45, 7) is 4.12. The summed E-state index contributed by atoms with van der Waals surface area (Å²) in [6, 6.07) is 5.76. The number of aliphatic carboxylic acids is 1. The summed E-state index contributed by atoms with van der Waals surface area (Å²) in [5.41, 5.74) is 1.52. The molecule has 0 aromatic heterocycles. The lowest BCUT2D eigenvalue weighted by Gasteiger charge is -2.20. The van der Waals surface area contributed by atoms with Gasteiger partial charge in [0.1, 0.15) is 6.04 Å². The second-order valence-corrected chi connectivity index (χ2v) is 4.93. The molecule has 6 nitrogen and oxygen atoms in total. The van der Waals surface area contributed by atoms with Crippen LogP contribution in [0.15, 0.2) is 24.3 Å². The van der Waals surface area contributed by atoms with E-state index < -0.39 is 18.0 Å². The number of methoxy groups -OCH3 is 1. The van der Waals surface area contributed by atoms with Gasteiger partial charge in [-0.05, 0) is 23.6 Å². The number of carboxylic acid groups (broad SMARTS) is 1. The van der Waals surface area contributed by atoms with Crippen molar-refractivity contribution in [1.29, 1.82) is 0 Å². The van der Waals surface area contributed by atoms with E-state index in [4.69, 9.17) is 9.84 Å². The zero-order valence-corrected chi connectivity index (χ0v) is 12.6. The zero-order chi connectivity index (χ0) is 15.8. The molecule has 3 N–H and O–H groups in total. The largest absolute Gasteiger partial charge is 0.480 e. The molecule has 0 fully saturated rings. The average Bonchev–Trinajstić information content (AvgIpc) is 2.44. The highest BCUT2D eigenvalue weighted by molar-refractivity contribution is 5.92. The molecule has 0 aliphatic rings. The topological polar surface area (TPSA) is 87.7 Å². The quantitative estimate of drug-likeness (QED) is 0.721. The Kier molecular flexibility index (Phi) is 6.68. The molecule has 0 unspecified atom stereocenters. The highest BCUT2D eigenvalue weighted by Gasteiger charge is 2.25. The van der Waals surface area contributed by atoms with E-state index in [2.05, 4.69) is 10.6 Å². The highest BCUT2D eigenvalue weighted by Crippen LogP contribution is 2.12.